The van der Waals surface area contributed by atoms with Gasteiger partial charge in [-0.3, -0.25) is 0 Å². The van der Waals surface area contributed by atoms with E-state index in [1.54, 1.807) is 6.07 Å². The van der Waals surface area contributed by atoms with E-state index in [1.807, 2.05) is 19.1 Å². The lowest BCUT2D eigenvalue weighted by Gasteiger charge is -2.02. The van der Waals surface area contributed by atoms with Crippen LogP contribution in [0.5, 0.6) is 0 Å². The zero-order chi connectivity index (χ0) is 9.42. The molecule has 2 aromatic rings. The van der Waals surface area contributed by atoms with E-state index >= 15 is 0 Å². The van der Waals surface area contributed by atoms with Crippen LogP contribution in [0.3, 0.4) is 0 Å². The Morgan fingerprint density at radius 1 is 1.00 bits per heavy atom. The van der Waals surface area contributed by atoms with Crippen molar-refractivity contribution >= 4 is 34.0 Å². The summed E-state index contributed by atoms with van der Waals surface area (Å²) in [6.07, 6.45) is 0. The van der Waals surface area contributed by atoms with E-state index in [2.05, 4.69) is 12.1 Å². The van der Waals surface area contributed by atoms with Gasteiger partial charge in [-0.1, -0.05) is 40.9 Å². The van der Waals surface area contributed by atoms with Crippen molar-refractivity contribution in [3.05, 3.63) is 45.9 Å². The van der Waals surface area contributed by atoms with Gasteiger partial charge in [0.1, 0.15) is 0 Å². The number of aryl methyl sites for hydroxylation is 1. The molecule has 0 radical (unpaired) electrons. The molecule has 0 spiro atoms. The molecule has 66 valence electrons. The molecule has 0 heterocycles. The smallest absolute Gasteiger partial charge is 0.0499 e. The normalized spacial score (nSPS) is 10.7. The first-order chi connectivity index (χ1) is 6.16. The summed E-state index contributed by atoms with van der Waals surface area (Å²) < 4.78 is 0. The highest BCUT2D eigenvalue weighted by Gasteiger charge is 2.00. The minimum atomic E-state index is 0.682. The average Bonchev–Trinajstić information content (AvgIpc) is 2.06. The zero-order valence-corrected chi connectivity index (χ0v) is 8.65. The van der Waals surface area contributed by atoms with Gasteiger partial charge in [-0.2, -0.15) is 0 Å². The molecule has 2 aromatic carbocycles. The number of hydrogen-bond donors (Lipinski definition) is 0. The lowest BCUT2D eigenvalue weighted by Crippen LogP contribution is -1.77. The van der Waals surface area contributed by atoms with E-state index < -0.39 is 0 Å². The molecule has 0 aliphatic carbocycles. The van der Waals surface area contributed by atoms with Gasteiger partial charge in [0, 0.05) is 15.4 Å². The molecule has 0 fully saturated rings. The summed E-state index contributed by atoms with van der Waals surface area (Å²) >= 11 is 11.9. The third-order valence-electron chi connectivity index (χ3n) is 2.02. The molecule has 0 saturated heterocycles. The van der Waals surface area contributed by atoms with Crippen LogP contribution >= 0.6 is 23.2 Å². The van der Waals surface area contributed by atoms with Crippen molar-refractivity contribution in [3.8, 4) is 0 Å². The minimum Gasteiger partial charge on any atom is -0.0843 e. The van der Waals surface area contributed by atoms with Crippen LogP contribution < -0.4 is 0 Å². The van der Waals surface area contributed by atoms with Crippen LogP contribution in [0.4, 0.5) is 0 Å². The molecule has 2 rings (SSSR count). The van der Waals surface area contributed by atoms with Crippen molar-refractivity contribution in [1.82, 2.24) is 0 Å². The Labute approximate surface area is 87.1 Å². The molecule has 0 amide bonds. The zero-order valence-electron chi connectivity index (χ0n) is 7.14. The van der Waals surface area contributed by atoms with Gasteiger partial charge in [-0.25, -0.2) is 0 Å². The van der Waals surface area contributed by atoms with E-state index in [4.69, 9.17) is 23.2 Å². The van der Waals surface area contributed by atoms with Crippen molar-refractivity contribution in [2.75, 3.05) is 0 Å². The molecule has 0 bridgehead atoms. The fourth-order valence-electron chi connectivity index (χ4n) is 1.39. The summed E-state index contributed by atoms with van der Waals surface area (Å²) in [5.41, 5.74) is 1.21. The predicted molar refractivity (Wildman–Crippen MR) is 58.7 cm³/mol. The molecule has 0 unspecified atom stereocenters. The van der Waals surface area contributed by atoms with Gasteiger partial charge in [-0.05, 0) is 30.5 Å². The van der Waals surface area contributed by atoms with E-state index in [0.29, 0.717) is 10.0 Å². The first-order valence-electron chi connectivity index (χ1n) is 4.02. The Bertz CT molecular complexity index is 461. The van der Waals surface area contributed by atoms with Gasteiger partial charge in [0.25, 0.3) is 0 Å². The largest absolute Gasteiger partial charge is 0.0843 e. The molecular formula is C11H8Cl2. The highest BCUT2D eigenvalue weighted by Crippen LogP contribution is 2.28. The number of benzene rings is 2. The van der Waals surface area contributed by atoms with Gasteiger partial charge >= 0.3 is 0 Å². The third kappa shape index (κ3) is 1.65. The van der Waals surface area contributed by atoms with Crippen molar-refractivity contribution in [1.29, 1.82) is 0 Å². The topological polar surface area (TPSA) is 0 Å². The second-order valence-corrected chi connectivity index (χ2v) is 3.96. The van der Waals surface area contributed by atoms with Crippen LogP contribution in [0, 0.1) is 6.92 Å². The summed E-state index contributed by atoms with van der Waals surface area (Å²) in [5.74, 6) is 0. The SMILES string of the molecule is Cc1ccc2cc(Cl)cc(Cl)c2c1. The van der Waals surface area contributed by atoms with E-state index in [0.717, 1.165) is 10.8 Å². The van der Waals surface area contributed by atoms with Crippen LogP contribution in [-0.2, 0) is 0 Å². The Morgan fingerprint density at radius 3 is 2.54 bits per heavy atom. The Kier molecular flexibility index (Phi) is 2.19. The second-order valence-electron chi connectivity index (χ2n) is 3.11. The first-order valence-corrected chi connectivity index (χ1v) is 4.78. The van der Waals surface area contributed by atoms with Crippen molar-refractivity contribution in [3.63, 3.8) is 0 Å². The number of rotatable bonds is 0. The summed E-state index contributed by atoms with van der Waals surface area (Å²) in [5, 5.41) is 3.54. The number of halogens is 2. The molecule has 0 N–H and O–H groups in total. The summed E-state index contributed by atoms with van der Waals surface area (Å²) in [6.45, 7) is 2.05. The summed E-state index contributed by atoms with van der Waals surface area (Å²) in [6, 6.07) is 9.83. The molecule has 0 saturated carbocycles. The molecule has 13 heavy (non-hydrogen) atoms. The highest BCUT2D eigenvalue weighted by atomic mass is 35.5. The lowest BCUT2D eigenvalue weighted by molar-refractivity contribution is 1.51. The molecular weight excluding hydrogens is 203 g/mol. The molecule has 0 aliphatic rings. The minimum absolute atomic E-state index is 0.682. The predicted octanol–water partition coefficient (Wildman–Crippen LogP) is 4.46. The third-order valence-corrected chi connectivity index (χ3v) is 2.56. The van der Waals surface area contributed by atoms with Crippen LogP contribution in [-0.4, -0.2) is 0 Å². The van der Waals surface area contributed by atoms with Gasteiger partial charge in [0.15, 0.2) is 0 Å². The maximum Gasteiger partial charge on any atom is 0.0499 e. The monoisotopic (exact) mass is 210 g/mol. The standard InChI is InChI=1S/C11H8Cl2/c1-7-2-3-8-5-9(12)6-11(13)10(8)4-7/h2-6H,1H3. The van der Waals surface area contributed by atoms with Crippen molar-refractivity contribution < 1.29 is 0 Å². The van der Waals surface area contributed by atoms with Gasteiger partial charge in [0.2, 0.25) is 0 Å². The van der Waals surface area contributed by atoms with Gasteiger partial charge in [-0.15, -0.1) is 0 Å². The molecule has 0 nitrogen and oxygen atoms in total. The number of fused-ring (bicyclic) bond motifs is 1. The van der Waals surface area contributed by atoms with E-state index in [-0.39, 0.29) is 0 Å². The van der Waals surface area contributed by atoms with E-state index in [9.17, 15) is 0 Å². The maximum atomic E-state index is 6.05. The van der Waals surface area contributed by atoms with Gasteiger partial charge in [0.05, 0.1) is 0 Å². The maximum absolute atomic E-state index is 6.05. The highest BCUT2D eigenvalue weighted by molar-refractivity contribution is 6.38. The fraction of sp³-hybridized carbons (Fsp3) is 0.0909. The van der Waals surface area contributed by atoms with Crippen LogP contribution in [0.1, 0.15) is 5.56 Å². The summed E-state index contributed by atoms with van der Waals surface area (Å²) in [7, 11) is 0. The Hall–Kier alpha value is -0.720. The summed E-state index contributed by atoms with van der Waals surface area (Å²) in [4.78, 5) is 0. The average molecular weight is 211 g/mol. The number of hydrogen-bond acceptors (Lipinski definition) is 0. The van der Waals surface area contributed by atoms with Crippen molar-refractivity contribution in [2.24, 2.45) is 0 Å². The quantitative estimate of drug-likeness (QED) is 0.603. The lowest BCUT2D eigenvalue weighted by atomic mass is 10.1. The molecule has 0 aromatic heterocycles. The van der Waals surface area contributed by atoms with Crippen LogP contribution in [0.15, 0.2) is 30.3 Å². The van der Waals surface area contributed by atoms with Crippen LogP contribution in [0.2, 0.25) is 10.0 Å². The van der Waals surface area contributed by atoms with Crippen LogP contribution in [0.25, 0.3) is 10.8 Å². The Balaban J connectivity index is 2.87. The van der Waals surface area contributed by atoms with E-state index in [1.165, 1.54) is 5.56 Å². The van der Waals surface area contributed by atoms with Gasteiger partial charge < -0.3 is 0 Å². The molecule has 0 atom stereocenters. The van der Waals surface area contributed by atoms with Crippen molar-refractivity contribution in [2.45, 2.75) is 6.92 Å². The first kappa shape index (κ1) is 8.86. The fourth-order valence-corrected chi connectivity index (χ4v) is 1.96. The molecule has 2 heteroatoms. The second kappa shape index (κ2) is 3.21. The Morgan fingerprint density at radius 2 is 1.77 bits per heavy atom. The molecule has 0 aliphatic heterocycles.